The number of halogens is 1. The number of aryl methyl sites for hydroxylation is 1. The van der Waals surface area contributed by atoms with Crippen LogP contribution in [0.15, 0.2) is 53.6 Å². The number of nitrogens with zero attached hydrogens (tertiary/aromatic N) is 3. The van der Waals surface area contributed by atoms with Crippen LogP contribution in [0.4, 0.5) is 0 Å². The lowest BCUT2D eigenvalue weighted by molar-refractivity contribution is 0.394. The Balaban J connectivity index is 0.00000100. The molecule has 0 unspecified atom stereocenters. The predicted octanol–water partition coefficient (Wildman–Crippen LogP) is 5.05. The van der Waals surface area contributed by atoms with Gasteiger partial charge in [0.25, 0.3) is 0 Å². The average Bonchev–Trinajstić information content (AvgIpc) is 2.92. The Kier molecular flexibility index (Phi) is 7.58. The molecule has 0 fully saturated rings. The van der Waals surface area contributed by atoms with E-state index in [0.29, 0.717) is 0 Å². The molecule has 0 amide bonds. The lowest BCUT2D eigenvalue weighted by Gasteiger charge is -2.10. The zero-order valence-electron chi connectivity index (χ0n) is 14.7. The molecule has 0 radical (unpaired) electrons. The Labute approximate surface area is 162 Å². The van der Waals surface area contributed by atoms with E-state index in [2.05, 4.69) is 102 Å². The molecule has 3 rings (SSSR count). The van der Waals surface area contributed by atoms with Crippen LogP contribution in [0.3, 0.4) is 0 Å². The van der Waals surface area contributed by atoms with Gasteiger partial charge in [-0.1, -0.05) is 52.9 Å². The summed E-state index contributed by atoms with van der Waals surface area (Å²) in [5.74, 6) is 0.968. The SMILES string of the molecule is CI.Cc1nc2c(SCc3ccccc3)cccn2c1CN(C)C. The van der Waals surface area contributed by atoms with Crippen molar-refractivity contribution in [1.82, 2.24) is 14.3 Å². The standard InChI is InChI=1S/C18H21N3S.CH3I/c1-14-16(12-20(2)3)21-11-7-10-17(18(21)19-14)22-13-15-8-5-4-6-9-15;1-2/h4-11H,12-13H2,1-3H3;1H3. The van der Waals surface area contributed by atoms with Crippen LogP contribution in [-0.4, -0.2) is 33.3 Å². The van der Waals surface area contributed by atoms with Gasteiger partial charge in [0.2, 0.25) is 0 Å². The second-order valence-electron chi connectivity index (χ2n) is 5.72. The van der Waals surface area contributed by atoms with Crippen molar-refractivity contribution in [3.8, 4) is 0 Å². The molecule has 3 aromatic rings. The van der Waals surface area contributed by atoms with Crippen LogP contribution in [-0.2, 0) is 12.3 Å². The Morgan fingerprint density at radius 3 is 2.46 bits per heavy atom. The van der Waals surface area contributed by atoms with Gasteiger partial charge in [-0.3, -0.25) is 0 Å². The normalized spacial score (nSPS) is 10.8. The highest BCUT2D eigenvalue weighted by Crippen LogP contribution is 2.28. The van der Waals surface area contributed by atoms with E-state index in [4.69, 9.17) is 4.98 Å². The summed E-state index contributed by atoms with van der Waals surface area (Å²) in [5, 5.41) is 0. The highest BCUT2D eigenvalue weighted by molar-refractivity contribution is 14.1. The maximum absolute atomic E-state index is 4.79. The molecule has 24 heavy (non-hydrogen) atoms. The van der Waals surface area contributed by atoms with Crippen molar-refractivity contribution in [2.75, 3.05) is 19.0 Å². The predicted molar refractivity (Wildman–Crippen MR) is 113 cm³/mol. The van der Waals surface area contributed by atoms with Gasteiger partial charge in [-0.05, 0) is 43.6 Å². The van der Waals surface area contributed by atoms with E-state index >= 15 is 0 Å². The quantitative estimate of drug-likeness (QED) is 0.307. The fourth-order valence-corrected chi connectivity index (χ4v) is 3.51. The fraction of sp³-hybridized carbons (Fsp3) is 0.316. The van der Waals surface area contributed by atoms with Crippen molar-refractivity contribution >= 4 is 40.0 Å². The summed E-state index contributed by atoms with van der Waals surface area (Å²) >= 11 is 4.00. The number of thioether (sulfide) groups is 1. The summed E-state index contributed by atoms with van der Waals surface area (Å²) in [6.07, 6.45) is 2.11. The third kappa shape index (κ3) is 4.74. The van der Waals surface area contributed by atoms with Gasteiger partial charge in [-0.25, -0.2) is 4.98 Å². The molecule has 0 spiro atoms. The van der Waals surface area contributed by atoms with E-state index < -0.39 is 0 Å². The average molecular weight is 453 g/mol. The maximum atomic E-state index is 4.79. The van der Waals surface area contributed by atoms with Crippen molar-refractivity contribution in [2.24, 2.45) is 0 Å². The second kappa shape index (κ2) is 9.44. The fourth-order valence-electron chi connectivity index (χ4n) is 2.54. The number of pyridine rings is 1. The van der Waals surface area contributed by atoms with Gasteiger partial charge in [0.1, 0.15) is 0 Å². The van der Waals surface area contributed by atoms with Crippen molar-refractivity contribution < 1.29 is 0 Å². The lowest BCUT2D eigenvalue weighted by Crippen LogP contribution is -2.13. The summed E-state index contributed by atoms with van der Waals surface area (Å²) in [6.45, 7) is 3.00. The number of hydrogen-bond donors (Lipinski definition) is 0. The first-order valence-corrected chi connectivity index (χ1v) is 11.0. The topological polar surface area (TPSA) is 20.5 Å². The van der Waals surface area contributed by atoms with Crippen LogP contribution in [0.1, 0.15) is 17.0 Å². The summed E-state index contributed by atoms with van der Waals surface area (Å²) in [4.78, 5) is 10.2. The molecule has 3 nitrogen and oxygen atoms in total. The maximum Gasteiger partial charge on any atom is 0.151 e. The Bertz CT molecular complexity index is 769. The largest absolute Gasteiger partial charge is 0.304 e. The number of rotatable bonds is 5. The van der Waals surface area contributed by atoms with Crippen LogP contribution in [0, 0.1) is 6.92 Å². The van der Waals surface area contributed by atoms with Crippen molar-refractivity contribution in [3.05, 3.63) is 65.6 Å². The van der Waals surface area contributed by atoms with Gasteiger partial charge in [-0.15, -0.1) is 11.8 Å². The zero-order valence-corrected chi connectivity index (χ0v) is 17.6. The van der Waals surface area contributed by atoms with E-state index in [0.717, 1.165) is 23.6 Å². The second-order valence-corrected chi connectivity index (χ2v) is 6.74. The van der Waals surface area contributed by atoms with Crippen LogP contribution < -0.4 is 0 Å². The molecule has 0 N–H and O–H groups in total. The Hall–Kier alpha value is -1.05. The van der Waals surface area contributed by atoms with Gasteiger partial charge in [0.15, 0.2) is 5.65 Å². The molecule has 0 aliphatic rings. The van der Waals surface area contributed by atoms with E-state index in [-0.39, 0.29) is 0 Å². The van der Waals surface area contributed by atoms with Gasteiger partial charge in [0.05, 0.1) is 16.3 Å². The third-order valence-corrected chi connectivity index (χ3v) is 4.72. The number of hydrogen-bond acceptors (Lipinski definition) is 3. The van der Waals surface area contributed by atoms with Gasteiger partial charge in [0, 0.05) is 18.5 Å². The van der Waals surface area contributed by atoms with Crippen LogP contribution in [0.2, 0.25) is 0 Å². The first-order valence-electron chi connectivity index (χ1n) is 7.81. The van der Waals surface area contributed by atoms with Crippen molar-refractivity contribution in [2.45, 2.75) is 24.1 Å². The first kappa shape index (κ1) is 19.3. The summed E-state index contributed by atoms with van der Waals surface area (Å²) in [5.41, 5.74) is 4.78. The first-order chi connectivity index (χ1) is 11.6. The Morgan fingerprint density at radius 1 is 1.08 bits per heavy atom. The summed E-state index contributed by atoms with van der Waals surface area (Å²) in [6, 6.07) is 14.8. The number of benzene rings is 1. The minimum atomic E-state index is 0.903. The molecular weight excluding hydrogens is 429 g/mol. The van der Waals surface area contributed by atoms with E-state index in [1.165, 1.54) is 16.2 Å². The monoisotopic (exact) mass is 453 g/mol. The summed E-state index contributed by atoms with van der Waals surface area (Å²) < 4.78 is 2.22. The van der Waals surface area contributed by atoms with Crippen LogP contribution in [0.25, 0.3) is 5.65 Å². The van der Waals surface area contributed by atoms with Gasteiger partial charge in [-0.2, -0.15) is 0 Å². The number of imidazole rings is 1. The number of aromatic nitrogens is 2. The summed E-state index contributed by atoms with van der Waals surface area (Å²) in [7, 11) is 4.18. The molecule has 2 aromatic heterocycles. The molecule has 0 atom stereocenters. The smallest absolute Gasteiger partial charge is 0.151 e. The molecule has 0 bridgehead atoms. The molecule has 128 valence electrons. The number of alkyl halides is 1. The zero-order chi connectivity index (χ0) is 17.5. The van der Waals surface area contributed by atoms with E-state index in [1.807, 2.05) is 16.7 Å². The van der Waals surface area contributed by atoms with Crippen LogP contribution >= 0.6 is 34.4 Å². The third-order valence-electron chi connectivity index (χ3n) is 3.62. The van der Waals surface area contributed by atoms with E-state index in [9.17, 15) is 0 Å². The molecule has 0 saturated carbocycles. The minimum absolute atomic E-state index is 0.903. The molecule has 0 saturated heterocycles. The highest BCUT2D eigenvalue weighted by atomic mass is 127. The lowest BCUT2D eigenvalue weighted by atomic mass is 10.2. The van der Waals surface area contributed by atoms with Crippen molar-refractivity contribution in [3.63, 3.8) is 0 Å². The van der Waals surface area contributed by atoms with Crippen LogP contribution in [0.5, 0.6) is 0 Å². The minimum Gasteiger partial charge on any atom is -0.304 e. The molecule has 5 heteroatoms. The van der Waals surface area contributed by atoms with E-state index in [1.54, 1.807) is 0 Å². The van der Waals surface area contributed by atoms with Gasteiger partial charge < -0.3 is 9.30 Å². The number of fused-ring (bicyclic) bond motifs is 1. The highest BCUT2D eigenvalue weighted by Gasteiger charge is 2.12. The molecule has 0 aliphatic heterocycles. The van der Waals surface area contributed by atoms with Crippen molar-refractivity contribution in [1.29, 1.82) is 0 Å². The molecule has 2 heterocycles. The molecule has 1 aromatic carbocycles. The molecule has 0 aliphatic carbocycles. The van der Waals surface area contributed by atoms with Gasteiger partial charge >= 0.3 is 0 Å². The molecular formula is C19H24IN3S. The Morgan fingerprint density at radius 2 is 1.79 bits per heavy atom.